The third-order valence-electron chi connectivity index (χ3n) is 2.88. The molecule has 0 bridgehead atoms. The summed E-state index contributed by atoms with van der Waals surface area (Å²) in [6.45, 7) is 5.79. The Bertz CT molecular complexity index is 557. The molecule has 0 atom stereocenters. The summed E-state index contributed by atoms with van der Waals surface area (Å²) in [5.41, 5.74) is 2.02. The Hall–Kier alpha value is -1.75. The lowest BCUT2D eigenvalue weighted by Gasteiger charge is -2.07. The van der Waals surface area contributed by atoms with Crippen molar-refractivity contribution >= 4 is 29.0 Å². The van der Waals surface area contributed by atoms with Gasteiger partial charge in [-0.25, -0.2) is 0 Å². The highest BCUT2D eigenvalue weighted by Gasteiger charge is 2.34. The molecule has 1 aliphatic rings. The number of hydrogen-bond donors (Lipinski definition) is 0. The average molecular weight is 262 g/mol. The van der Waals surface area contributed by atoms with Crippen molar-refractivity contribution in [3.63, 3.8) is 0 Å². The fraction of sp³-hybridized carbons (Fsp3) is 0.231. The molecule has 5 heteroatoms. The van der Waals surface area contributed by atoms with Crippen LogP contribution in [0.5, 0.6) is 0 Å². The molecule has 94 valence electrons. The van der Waals surface area contributed by atoms with Crippen LogP contribution in [0, 0.1) is 6.92 Å². The number of imide groups is 1. The van der Waals surface area contributed by atoms with Crippen LogP contribution in [-0.4, -0.2) is 27.2 Å². The maximum absolute atomic E-state index is 12.0. The highest BCUT2D eigenvalue weighted by Crippen LogP contribution is 2.32. The van der Waals surface area contributed by atoms with Crippen LogP contribution in [0.4, 0.5) is 4.79 Å². The monoisotopic (exact) mass is 262 g/mol. The quantitative estimate of drug-likeness (QED) is 0.621. The molecular weight excluding hydrogens is 248 g/mol. The number of carbonyl (C=O) groups is 2. The molecule has 0 N–H and O–H groups in total. The van der Waals surface area contributed by atoms with Crippen LogP contribution in [0.3, 0.4) is 0 Å². The summed E-state index contributed by atoms with van der Waals surface area (Å²) in [5.74, 6) is -0.247. The lowest BCUT2D eigenvalue weighted by Crippen LogP contribution is -2.27. The number of nitrogens with zero attached hydrogens (tertiary/aromatic N) is 2. The van der Waals surface area contributed by atoms with Gasteiger partial charge in [0.25, 0.3) is 11.1 Å². The molecule has 1 saturated heterocycles. The molecule has 0 saturated carbocycles. The van der Waals surface area contributed by atoms with E-state index in [0.717, 1.165) is 23.1 Å². The van der Waals surface area contributed by atoms with E-state index in [-0.39, 0.29) is 17.7 Å². The molecule has 0 spiro atoms. The third kappa shape index (κ3) is 2.13. The lowest BCUT2D eigenvalue weighted by atomic mass is 10.3. The third-order valence-corrected chi connectivity index (χ3v) is 3.78. The number of rotatable bonds is 3. The van der Waals surface area contributed by atoms with Gasteiger partial charge in [-0.1, -0.05) is 6.08 Å². The maximum atomic E-state index is 12.0. The van der Waals surface area contributed by atoms with E-state index in [2.05, 4.69) is 6.58 Å². The number of hydrogen-bond acceptors (Lipinski definition) is 3. The maximum Gasteiger partial charge on any atom is 0.293 e. The molecule has 4 nitrogen and oxygen atoms in total. The van der Waals surface area contributed by atoms with E-state index >= 15 is 0 Å². The van der Waals surface area contributed by atoms with Crippen molar-refractivity contribution in [3.8, 4) is 0 Å². The molecule has 0 radical (unpaired) electrons. The molecule has 2 heterocycles. The Morgan fingerprint density at radius 3 is 2.67 bits per heavy atom. The summed E-state index contributed by atoms with van der Waals surface area (Å²) in [5, 5.41) is -0.239. The molecular formula is C13H14N2O2S. The minimum Gasteiger partial charge on any atom is -0.348 e. The Morgan fingerprint density at radius 2 is 2.11 bits per heavy atom. The molecule has 1 fully saturated rings. The van der Waals surface area contributed by atoms with E-state index in [1.54, 1.807) is 12.2 Å². The van der Waals surface area contributed by atoms with Crippen LogP contribution in [0.25, 0.3) is 6.08 Å². The Kier molecular flexibility index (Phi) is 3.43. The first-order valence-electron chi connectivity index (χ1n) is 5.53. The van der Waals surface area contributed by atoms with Gasteiger partial charge in [-0.2, -0.15) is 0 Å². The van der Waals surface area contributed by atoms with Crippen molar-refractivity contribution in [1.82, 2.24) is 9.47 Å². The van der Waals surface area contributed by atoms with Gasteiger partial charge in [0.2, 0.25) is 0 Å². The number of amides is 2. The second-order valence-electron chi connectivity index (χ2n) is 4.04. The van der Waals surface area contributed by atoms with Gasteiger partial charge in [0.15, 0.2) is 0 Å². The van der Waals surface area contributed by atoms with Gasteiger partial charge in [0.1, 0.15) is 0 Å². The molecule has 18 heavy (non-hydrogen) atoms. The number of carbonyl (C=O) groups excluding carboxylic acids is 2. The average Bonchev–Trinajstić information content (AvgIpc) is 2.78. The summed E-state index contributed by atoms with van der Waals surface area (Å²) in [6, 6.07) is 3.90. The van der Waals surface area contributed by atoms with Gasteiger partial charge in [-0.15, -0.1) is 6.58 Å². The van der Waals surface area contributed by atoms with E-state index in [4.69, 9.17) is 0 Å². The summed E-state index contributed by atoms with van der Waals surface area (Å²) < 4.78 is 1.97. The van der Waals surface area contributed by atoms with Gasteiger partial charge in [0.05, 0.1) is 4.91 Å². The number of thioether (sulfide) groups is 1. The first-order valence-corrected chi connectivity index (χ1v) is 6.35. The molecule has 1 aromatic rings. The van der Waals surface area contributed by atoms with Crippen molar-refractivity contribution in [3.05, 3.63) is 41.1 Å². The van der Waals surface area contributed by atoms with Crippen LogP contribution in [0.2, 0.25) is 0 Å². The molecule has 2 amide bonds. The van der Waals surface area contributed by atoms with Gasteiger partial charge >= 0.3 is 0 Å². The zero-order valence-corrected chi connectivity index (χ0v) is 11.2. The molecule has 0 unspecified atom stereocenters. The van der Waals surface area contributed by atoms with E-state index in [1.807, 2.05) is 30.7 Å². The van der Waals surface area contributed by atoms with Crippen LogP contribution < -0.4 is 0 Å². The summed E-state index contributed by atoms with van der Waals surface area (Å²) in [4.78, 5) is 25.3. The molecule has 1 aromatic heterocycles. The van der Waals surface area contributed by atoms with Gasteiger partial charge in [-0.3, -0.25) is 14.5 Å². The smallest absolute Gasteiger partial charge is 0.293 e. The summed E-state index contributed by atoms with van der Waals surface area (Å²) >= 11 is 0.972. The fourth-order valence-electron chi connectivity index (χ4n) is 1.70. The second kappa shape index (κ2) is 4.86. The van der Waals surface area contributed by atoms with E-state index < -0.39 is 0 Å². The van der Waals surface area contributed by atoms with Crippen molar-refractivity contribution in [2.75, 3.05) is 6.54 Å². The van der Waals surface area contributed by atoms with Crippen LogP contribution in [0.1, 0.15) is 11.4 Å². The second-order valence-corrected chi connectivity index (χ2v) is 5.03. The van der Waals surface area contributed by atoms with Crippen LogP contribution in [-0.2, 0) is 11.8 Å². The fourth-order valence-corrected chi connectivity index (χ4v) is 2.53. The summed E-state index contributed by atoms with van der Waals surface area (Å²) in [7, 11) is 1.93. The lowest BCUT2D eigenvalue weighted by molar-refractivity contribution is -0.122. The predicted octanol–water partition coefficient (Wildman–Crippen LogP) is 2.56. The van der Waals surface area contributed by atoms with E-state index in [0.29, 0.717) is 4.91 Å². The standard InChI is InChI=1S/C13H14N2O2S/c1-4-7-15-12(16)11(18-13(15)17)8-10-6-5-9(2)14(10)3/h4-6,8H,1,7H2,2-3H3/b11-8-. The number of aromatic nitrogens is 1. The Morgan fingerprint density at radius 1 is 1.39 bits per heavy atom. The van der Waals surface area contributed by atoms with E-state index in [9.17, 15) is 9.59 Å². The van der Waals surface area contributed by atoms with Gasteiger partial charge < -0.3 is 4.57 Å². The van der Waals surface area contributed by atoms with Crippen LogP contribution in [0.15, 0.2) is 29.7 Å². The number of aryl methyl sites for hydroxylation is 1. The molecule has 1 aliphatic heterocycles. The Labute approximate surface area is 110 Å². The normalized spacial score (nSPS) is 17.9. The molecule has 2 rings (SSSR count). The first kappa shape index (κ1) is 12.7. The first-order chi connectivity index (χ1) is 8.54. The van der Waals surface area contributed by atoms with Gasteiger partial charge in [0, 0.05) is 25.0 Å². The minimum absolute atomic E-state index is 0.239. The zero-order chi connectivity index (χ0) is 13.3. The Balaban J connectivity index is 2.30. The zero-order valence-electron chi connectivity index (χ0n) is 10.3. The highest BCUT2D eigenvalue weighted by molar-refractivity contribution is 8.18. The van der Waals surface area contributed by atoms with Gasteiger partial charge in [-0.05, 0) is 36.9 Å². The molecule has 0 aromatic carbocycles. The minimum atomic E-state index is -0.247. The van der Waals surface area contributed by atoms with Crippen LogP contribution >= 0.6 is 11.8 Å². The highest BCUT2D eigenvalue weighted by atomic mass is 32.2. The van der Waals surface area contributed by atoms with Crippen molar-refractivity contribution in [2.45, 2.75) is 6.92 Å². The predicted molar refractivity (Wildman–Crippen MR) is 73.0 cm³/mol. The SMILES string of the molecule is C=CCN1C(=O)S/C(=C\c2ccc(C)n2C)C1=O. The summed E-state index contributed by atoms with van der Waals surface area (Å²) in [6.07, 6.45) is 3.30. The molecule has 0 aliphatic carbocycles. The van der Waals surface area contributed by atoms with Crippen molar-refractivity contribution in [1.29, 1.82) is 0 Å². The van der Waals surface area contributed by atoms with Crippen molar-refractivity contribution in [2.24, 2.45) is 7.05 Å². The van der Waals surface area contributed by atoms with Crippen molar-refractivity contribution < 1.29 is 9.59 Å². The largest absolute Gasteiger partial charge is 0.348 e. The van der Waals surface area contributed by atoms with E-state index in [1.165, 1.54) is 4.90 Å². The topological polar surface area (TPSA) is 42.3 Å².